The number of carbonyl (C=O) groups excluding carboxylic acids is 1. The number of benzene rings is 1. The summed E-state index contributed by atoms with van der Waals surface area (Å²) in [6.45, 7) is 6.23. The van der Waals surface area contributed by atoms with Gasteiger partial charge < -0.3 is 4.90 Å². The van der Waals surface area contributed by atoms with Crippen LogP contribution in [0.4, 0.5) is 13.2 Å². The molecule has 1 aromatic carbocycles. The lowest BCUT2D eigenvalue weighted by Crippen LogP contribution is -2.66. The normalized spacial score (nSPS) is 29.2. The molecule has 1 heterocycles. The minimum Gasteiger partial charge on any atom is -0.331 e. The summed E-state index contributed by atoms with van der Waals surface area (Å²) in [5, 5.41) is 0. The Morgan fingerprint density at radius 1 is 1.30 bits per heavy atom. The van der Waals surface area contributed by atoms with E-state index in [4.69, 9.17) is 0 Å². The molecular weight excluding hydrogens is 371 g/mol. The predicted molar refractivity (Wildman–Crippen MR) is 85.2 cm³/mol. The average Bonchev–Trinajstić information content (AvgIpc) is 2.42. The van der Waals surface area contributed by atoms with E-state index in [9.17, 15) is 18.0 Å². The number of likely N-dealkylation sites (tertiary alicyclic amines) is 1. The zero-order chi connectivity index (χ0) is 17.2. The topological polar surface area (TPSA) is 20.3 Å². The molecule has 1 aromatic rings. The molecule has 1 aliphatic heterocycles. The Hall–Kier alpha value is -1.04. The van der Waals surface area contributed by atoms with Crippen molar-refractivity contribution in [2.45, 2.75) is 51.2 Å². The Kier molecular flexibility index (Phi) is 3.64. The van der Waals surface area contributed by atoms with Crippen LogP contribution >= 0.6 is 15.9 Å². The van der Waals surface area contributed by atoms with E-state index in [0.717, 1.165) is 14.9 Å². The largest absolute Gasteiger partial charge is 0.471 e. The van der Waals surface area contributed by atoms with E-state index >= 15 is 0 Å². The number of piperidine rings is 1. The fourth-order valence-corrected chi connectivity index (χ4v) is 4.84. The van der Waals surface area contributed by atoms with Gasteiger partial charge in [-0.15, -0.1) is 0 Å². The molecule has 2 atom stereocenters. The number of hydrogen-bond acceptors (Lipinski definition) is 1. The molecule has 126 valence electrons. The molecule has 1 fully saturated rings. The Labute approximate surface area is 142 Å². The van der Waals surface area contributed by atoms with Crippen LogP contribution < -0.4 is 0 Å². The van der Waals surface area contributed by atoms with Gasteiger partial charge in [-0.1, -0.05) is 48.8 Å². The van der Waals surface area contributed by atoms with Crippen LogP contribution in [-0.4, -0.2) is 29.6 Å². The third-order valence-electron chi connectivity index (χ3n) is 6.10. The zero-order valence-electron chi connectivity index (χ0n) is 13.3. The second-order valence-corrected chi connectivity index (χ2v) is 8.14. The minimum absolute atomic E-state index is 0.148. The standard InChI is InChI=1S/C17H19BrF3NO/c1-15(2)13-9-10-11(5-4-6-12(10)18)16(15,3)7-8-22(13)14(23)17(19,20)21/h4-6,13H,7-9H2,1-3H3/t13-,16?/m1/s1. The quantitative estimate of drug-likeness (QED) is 0.641. The fraction of sp³-hybridized carbons (Fsp3) is 0.588. The van der Waals surface area contributed by atoms with Crippen molar-refractivity contribution in [2.24, 2.45) is 5.41 Å². The molecule has 1 aliphatic carbocycles. The van der Waals surface area contributed by atoms with Crippen LogP contribution in [0, 0.1) is 5.41 Å². The lowest BCUT2D eigenvalue weighted by molar-refractivity contribution is -0.195. The molecule has 23 heavy (non-hydrogen) atoms. The first kappa shape index (κ1) is 16.8. The lowest BCUT2D eigenvalue weighted by atomic mass is 9.51. The van der Waals surface area contributed by atoms with Crippen molar-refractivity contribution in [3.8, 4) is 0 Å². The van der Waals surface area contributed by atoms with Gasteiger partial charge in [0.2, 0.25) is 0 Å². The average molecular weight is 390 g/mol. The second-order valence-electron chi connectivity index (χ2n) is 7.29. The minimum atomic E-state index is -4.82. The van der Waals surface area contributed by atoms with Gasteiger partial charge in [-0.2, -0.15) is 13.2 Å². The summed E-state index contributed by atoms with van der Waals surface area (Å²) in [6, 6.07) is 5.49. The summed E-state index contributed by atoms with van der Waals surface area (Å²) in [7, 11) is 0. The van der Waals surface area contributed by atoms with E-state index in [0.29, 0.717) is 12.8 Å². The summed E-state index contributed by atoms with van der Waals surface area (Å²) in [5.74, 6) is -1.71. The summed E-state index contributed by atoms with van der Waals surface area (Å²) in [4.78, 5) is 12.9. The molecule has 2 nitrogen and oxygen atoms in total. The van der Waals surface area contributed by atoms with E-state index < -0.39 is 23.5 Å². The highest BCUT2D eigenvalue weighted by Gasteiger charge is 2.59. The van der Waals surface area contributed by atoms with Crippen LogP contribution in [0.15, 0.2) is 22.7 Å². The van der Waals surface area contributed by atoms with Crippen LogP contribution in [0.5, 0.6) is 0 Å². The lowest BCUT2D eigenvalue weighted by Gasteiger charge is -2.60. The number of fused-ring (bicyclic) bond motifs is 4. The van der Waals surface area contributed by atoms with Gasteiger partial charge in [0.25, 0.3) is 0 Å². The van der Waals surface area contributed by atoms with Crippen molar-refractivity contribution < 1.29 is 18.0 Å². The van der Waals surface area contributed by atoms with Crippen molar-refractivity contribution in [1.82, 2.24) is 4.90 Å². The van der Waals surface area contributed by atoms with Gasteiger partial charge in [0.1, 0.15) is 0 Å². The molecule has 1 unspecified atom stereocenters. The first-order valence-electron chi connectivity index (χ1n) is 7.66. The van der Waals surface area contributed by atoms with Crippen molar-refractivity contribution in [2.75, 3.05) is 6.54 Å². The van der Waals surface area contributed by atoms with Crippen LogP contribution in [0.1, 0.15) is 38.3 Å². The maximum absolute atomic E-state index is 13.0. The molecule has 0 saturated carbocycles. The van der Waals surface area contributed by atoms with E-state index in [1.807, 2.05) is 26.0 Å². The number of alkyl halides is 3. The third kappa shape index (κ3) is 2.24. The third-order valence-corrected chi connectivity index (χ3v) is 6.84. The summed E-state index contributed by atoms with van der Waals surface area (Å²) < 4.78 is 39.8. The summed E-state index contributed by atoms with van der Waals surface area (Å²) in [6.07, 6.45) is -3.85. The summed E-state index contributed by atoms with van der Waals surface area (Å²) in [5.41, 5.74) is 1.53. The number of rotatable bonds is 0. The van der Waals surface area contributed by atoms with Gasteiger partial charge in [0.15, 0.2) is 0 Å². The molecule has 1 saturated heterocycles. The molecular formula is C17H19BrF3NO. The van der Waals surface area contributed by atoms with Crippen molar-refractivity contribution in [3.63, 3.8) is 0 Å². The maximum atomic E-state index is 13.0. The van der Waals surface area contributed by atoms with Gasteiger partial charge in [0.05, 0.1) is 0 Å². The number of hydrogen-bond donors (Lipinski definition) is 0. The van der Waals surface area contributed by atoms with E-state index in [1.165, 1.54) is 5.56 Å². The molecule has 1 amide bonds. The van der Waals surface area contributed by atoms with Crippen molar-refractivity contribution >= 4 is 21.8 Å². The van der Waals surface area contributed by atoms with Crippen LogP contribution in [0.2, 0.25) is 0 Å². The molecule has 0 N–H and O–H groups in total. The molecule has 0 spiro atoms. The molecule has 2 bridgehead atoms. The van der Waals surface area contributed by atoms with Crippen LogP contribution in [-0.2, 0) is 16.6 Å². The Balaban J connectivity index is 2.13. The summed E-state index contributed by atoms with van der Waals surface area (Å²) >= 11 is 3.52. The van der Waals surface area contributed by atoms with Crippen molar-refractivity contribution in [3.05, 3.63) is 33.8 Å². The highest BCUT2D eigenvalue weighted by Crippen LogP contribution is 2.57. The number of carbonyl (C=O) groups is 1. The van der Waals surface area contributed by atoms with Gasteiger partial charge in [0, 0.05) is 22.5 Å². The first-order valence-corrected chi connectivity index (χ1v) is 8.45. The van der Waals surface area contributed by atoms with E-state index in [1.54, 1.807) is 0 Å². The molecule has 0 aromatic heterocycles. The smallest absolute Gasteiger partial charge is 0.331 e. The SMILES string of the molecule is CC12CCN(C(=O)C(F)(F)F)[C@H](Cc3c(Br)cccc31)C2(C)C. The highest BCUT2D eigenvalue weighted by atomic mass is 79.9. The molecule has 6 heteroatoms. The predicted octanol–water partition coefficient (Wildman–Crippen LogP) is 4.45. The van der Waals surface area contributed by atoms with Gasteiger partial charge in [-0.25, -0.2) is 0 Å². The highest BCUT2D eigenvalue weighted by molar-refractivity contribution is 9.10. The fourth-order valence-electron chi connectivity index (χ4n) is 4.31. The first-order chi connectivity index (χ1) is 10.5. The van der Waals surface area contributed by atoms with Crippen LogP contribution in [0.25, 0.3) is 0 Å². The molecule has 2 aliphatic rings. The molecule has 3 rings (SSSR count). The van der Waals surface area contributed by atoms with E-state index in [-0.39, 0.29) is 12.0 Å². The van der Waals surface area contributed by atoms with E-state index in [2.05, 4.69) is 28.9 Å². The Morgan fingerprint density at radius 2 is 1.96 bits per heavy atom. The van der Waals surface area contributed by atoms with Crippen molar-refractivity contribution in [1.29, 1.82) is 0 Å². The maximum Gasteiger partial charge on any atom is 0.471 e. The van der Waals surface area contributed by atoms with Gasteiger partial charge >= 0.3 is 12.1 Å². The zero-order valence-corrected chi connectivity index (χ0v) is 14.9. The van der Waals surface area contributed by atoms with Crippen LogP contribution in [0.3, 0.4) is 0 Å². The number of halogens is 4. The number of nitrogens with zero attached hydrogens (tertiary/aromatic N) is 1. The molecule has 0 radical (unpaired) electrons. The Morgan fingerprint density at radius 3 is 2.57 bits per heavy atom. The van der Waals surface area contributed by atoms with Gasteiger partial charge in [-0.3, -0.25) is 4.79 Å². The Bertz CT molecular complexity index is 670. The van der Waals surface area contributed by atoms with Gasteiger partial charge in [-0.05, 0) is 35.4 Å². The second kappa shape index (κ2) is 4.98. The monoisotopic (exact) mass is 389 g/mol. The number of amides is 1.